The fourth-order valence-corrected chi connectivity index (χ4v) is 3.06. The number of carbonyl (C=O) groups excluding carboxylic acids is 1. The summed E-state index contributed by atoms with van der Waals surface area (Å²) in [7, 11) is 0. The van der Waals surface area contributed by atoms with Crippen LogP contribution in [-0.4, -0.2) is 35.3 Å². The van der Waals surface area contributed by atoms with E-state index < -0.39 is 5.60 Å². The number of hydrogen-bond donors (Lipinski definition) is 0. The summed E-state index contributed by atoms with van der Waals surface area (Å²) in [5, 5.41) is 2.05. The molecule has 2 rings (SSSR count). The topological polar surface area (TPSA) is 38.8 Å². The first-order chi connectivity index (χ1) is 9.77. The molecule has 0 N–H and O–H groups in total. The molecule has 1 aliphatic rings. The highest BCUT2D eigenvalue weighted by atomic mass is 32.1. The molecule has 0 aliphatic carbocycles. The molecule has 5 heteroatoms. The fraction of sp³-hybridized carbons (Fsp3) is 0.688. The molecule has 1 fully saturated rings. The minimum absolute atomic E-state index is 0.242. The Labute approximate surface area is 131 Å². The number of rotatable bonds is 3. The van der Waals surface area contributed by atoms with Crippen molar-refractivity contribution in [2.75, 3.05) is 13.1 Å². The molecule has 1 aromatic rings. The van der Waals surface area contributed by atoms with Gasteiger partial charge in [-0.25, -0.2) is 4.79 Å². The van der Waals surface area contributed by atoms with Crippen LogP contribution in [0.15, 0.2) is 17.5 Å². The van der Waals surface area contributed by atoms with Crippen molar-refractivity contribution in [1.29, 1.82) is 0 Å². The van der Waals surface area contributed by atoms with Crippen LogP contribution in [0.2, 0.25) is 0 Å². The Hall–Kier alpha value is -1.07. The molecule has 118 valence electrons. The van der Waals surface area contributed by atoms with Crippen molar-refractivity contribution >= 4 is 17.4 Å². The van der Waals surface area contributed by atoms with Crippen LogP contribution in [0, 0.1) is 0 Å². The number of ether oxygens (including phenoxy) is 2. The first-order valence-corrected chi connectivity index (χ1v) is 8.30. The van der Waals surface area contributed by atoms with Crippen molar-refractivity contribution in [3.63, 3.8) is 0 Å². The summed E-state index contributed by atoms with van der Waals surface area (Å²) in [4.78, 5) is 15.2. The Bertz CT molecular complexity index is 466. The van der Waals surface area contributed by atoms with Crippen molar-refractivity contribution in [2.24, 2.45) is 0 Å². The van der Waals surface area contributed by atoms with Gasteiger partial charge in [-0.2, -0.15) is 0 Å². The van der Waals surface area contributed by atoms with Crippen molar-refractivity contribution in [1.82, 2.24) is 4.90 Å². The van der Waals surface area contributed by atoms with Gasteiger partial charge < -0.3 is 14.4 Å². The van der Waals surface area contributed by atoms with Crippen LogP contribution >= 0.6 is 11.3 Å². The van der Waals surface area contributed by atoms with Crippen LogP contribution in [0.5, 0.6) is 0 Å². The minimum Gasteiger partial charge on any atom is -0.444 e. The second kappa shape index (κ2) is 6.36. The zero-order chi connectivity index (χ0) is 15.5. The number of likely N-dealkylation sites (tertiary alicyclic amines) is 1. The second-order valence-electron chi connectivity index (χ2n) is 6.82. The maximum Gasteiger partial charge on any atom is 0.410 e. The summed E-state index contributed by atoms with van der Waals surface area (Å²) in [6.07, 6.45) is 1.67. The van der Waals surface area contributed by atoms with Gasteiger partial charge in [-0.3, -0.25) is 0 Å². The highest BCUT2D eigenvalue weighted by molar-refractivity contribution is 7.09. The molecule has 1 unspecified atom stereocenters. The average Bonchev–Trinajstić information content (AvgIpc) is 2.88. The van der Waals surface area contributed by atoms with Crippen LogP contribution < -0.4 is 0 Å². The molecule has 1 amide bonds. The summed E-state index contributed by atoms with van der Waals surface area (Å²) in [6.45, 7) is 9.69. The van der Waals surface area contributed by atoms with E-state index in [2.05, 4.69) is 18.4 Å². The highest BCUT2D eigenvalue weighted by Crippen LogP contribution is 2.27. The summed E-state index contributed by atoms with van der Waals surface area (Å²) in [6, 6.07) is 4.10. The van der Waals surface area contributed by atoms with Gasteiger partial charge in [0, 0.05) is 11.4 Å². The summed E-state index contributed by atoms with van der Waals surface area (Å²) < 4.78 is 11.5. The Morgan fingerprint density at radius 3 is 2.86 bits per heavy atom. The standard InChI is InChI=1S/C16H25NO3S/c1-15(2,3)20-14(18)17-9-6-8-16(4,12-17)19-11-13-7-5-10-21-13/h5,7,10H,6,8-9,11-12H2,1-4H3. The first-order valence-electron chi connectivity index (χ1n) is 7.42. The van der Waals surface area contributed by atoms with E-state index in [1.54, 1.807) is 16.2 Å². The van der Waals surface area contributed by atoms with E-state index in [0.29, 0.717) is 13.2 Å². The zero-order valence-corrected chi connectivity index (χ0v) is 14.2. The van der Waals surface area contributed by atoms with E-state index in [-0.39, 0.29) is 11.7 Å². The molecule has 0 radical (unpaired) electrons. The number of nitrogens with zero attached hydrogens (tertiary/aromatic N) is 1. The molecule has 1 aliphatic heterocycles. The lowest BCUT2D eigenvalue weighted by molar-refractivity contribution is -0.0871. The number of carbonyl (C=O) groups is 1. The van der Waals surface area contributed by atoms with Crippen molar-refractivity contribution in [2.45, 2.75) is 58.3 Å². The van der Waals surface area contributed by atoms with Gasteiger partial charge in [0.25, 0.3) is 0 Å². The summed E-state index contributed by atoms with van der Waals surface area (Å²) in [5.41, 5.74) is -0.748. The Kier molecular flexibility index (Phi) is 4.94. The molecule has 2 heterocycles. The van der Waals surface area contributed by atoms with Gasteiger partial charge in [0.2, 0.25) is 0 Å². The first kappa shape index (κ1) is 16.3. The predicted octanol–water partition coefficient (Wildman–Crippen LogP) is 4.05. The minimum atomic E-state index is -0.456. The van der Waals surface area contributed by atoms with Crippen LogP contribution in [-0.2, 0) is 16.1 Å². The lowest BCUT2D eigenvalue weighted by Gasteiger charge is -2.40. The van der Waals surface area contributed by atoms with Crippen molar-refractivity contribution < 1.29 is 14.3 Å². The Morgan fingerprint density at radius 2 is 2.24 bits per heavy atom. The summed E-state index contributed by atoms with van der Waals surface area (Å²) >= 11 is 1.69. The van der Waals surface area contributed by atoms with Gasteiger partial charge in [-0.1, -0.05) is 6.07 Å². The van der Waals surface area contributed by atoms with Crippen LogP contribution in [0.4, 0.5) is 4.79 Å². The third-order valence-corrected chi connectivity index (χ3v) is 4.30. The third-order valence-electron chi connectivity index (χ3n) is 3.45. The van der Waals surface area contributed by atoms with E-state index in [0.717, 1.165) is 19.4 Å². The van der Waals surface area contributed by atoms with Gasteiger partial charge in [-0.05, 0) is 52.0 Å². The predicted molar refractivity (Wildman–Crippen MR) is 84.6 cm³/mol. The lowest BCUT2D eigenvalue weighted by atomic mass is 9.95. The van der Waals surface area contributed by atoms with Crippen LogP contribution in [0.1, 0.15) is 45.4 Å². The SMILES string of the molecule is CC(C)(C)OC(=O)N1CCCC(C)(OCc2cccs2)C1. The van der Waals surface area contributed by atoms with Gasteiger partial charge in [0.05, 0.1) is 18.8 Å². The zero-order valence-electron chi connectivity index (χ0n) is 13.3. The number of amides is 1. The largest absolute Gasteiger partial charge is 0.444 e. The molecule has 21 heavy (non-hydrogen) atoms. The number of thiophene rings is 1. The van der Waals surface area contributed by atoms with Gasteiger partial charge in [0.15, 0.2) is 0 Å². The van der Waals surface area contributed by atoms with E-state index in [1.165, 1.54) is 4.88 Å². The van der Waals surface area contributed by atoms with Crippen molar-refractivity contribution in [3.05, 3.63) is 22.4 Å². The van der Waals surface area contributed by atoms with Gasteiger partial charge in [0.1, 0.15) is 5.60 Å². The normalized spacial score (nSPS) is 23.1. The molecule has 0 spiro atoms. The Balaban J connectivity index is 1.91. The summed E-state index contributed by atoms with van der Waals surface area (Å²) in [5.74, 6) is 0. The van der Waals surface area contributed by atoms with Gasteiger partial charge in [-0.15, -0.1) is 11.3 Å². The number of piperidine rings is 1. The molecular weight excluding hydrogens is 286 g/mol. The maximum atomic E-state index is 12.2. The number of hydrogen-bond acceptors (Lipinski definition) is 4. The average molecular weight is 311 g/mol. The lowest BCUT2D eigenvalue weighted by Crippen LogP contribution is -2.51. The second-order valence-corrected chi connectivity index (χ2v) is 7.86. The van der Waals surface area contributed by atoms with E-state index in [1.807, 2.05) is 26.8 Å². The molecule has 1 aromatic heterocycles. The molecule has 1 saturated heterocycles. The molecule has 0 aromatic carbocycles. The third kappa shape index (κ3) is 5.00. The van der Waals surface area contributed by atoms with Crippen molar-refractivity contribution in [3.8, 4) is 0 Å². The highest BCUT2D eigenvalue weighted by Gasteiger charge is 2.35. The van der Waals surface area contributed by atoms with E-state index in [9.17, 15) is 4.79 Å². The van der Waals surface area contributed by atoms with Crippen LogP contribution in [0.25, 0.3) is 0 Å². The smallest absolute Gasteiger partial charge is 0.410 e. The molecule has 0 bridgehead atoms. The quantitative estimate of drug-likeness (QED) is 0.845. The van der Waals surface area contributed by atoms with Crippen LogP contribution in [0.3, 0.4) is 0 Å². The van der Waals surface area contributed by atoms with E-state index in [4.69, 9.17) is 9.47 Å². The monoisotopic (exact) mass is 311 g/mol. The molecule has 0 saturated carbocycles. The van der Waals surface area contributed by atoms with E-state index >= 15 is 0 Å². The Morgan fingerprint density at radius 1 is 1.48 bits per heavy atom. The fourth-order valence-electron chi connectivity index (χ4n) is 2.45. The maximum absolute atomic E-state index is 12.2. The molecule has 4 nitrogen and oxygen atoms in total. The van der Waals surface area contributed by atoms with Gasteiger partial charge >= 0.3 is 6.09 Å². The molecular formula is C16H25NO3S. The molecule has 1 atom stereocenters.